The minimum Gasteiger partial charge on any atom is -0.465 e. The molecule has 0 saturated carbocycles. The molecule has 13 nitrogen and oxygen atoms in total. The lowest BCUT2D eigenvalue weighted by Gasteiger charge is -2.33. The Bertz CT molecular complexity index is 2450. The van der Waals surface area contributed by atoms with Gasteiger partial charge in [0.05, 0.1) is 55.3 Å². The first kappa shape index (κ1) is 45.2. The highest BCUT2D eigenvalue weighted by Gasteiger charge is 2.26. The van der Waals surface area contributed by atoms with Gasteiger partial charge in [-0.3, -0.25) is 14.3 Å². The van der Waals surface area contributed by atoms with Crippen molar-refractivity contribution in [2.75, 3.05) is 50.6 Å². The molecule has 2 fully saturated rings. The molecule has 0 spiro atoms. The molecule has 0 bridgehead atoms. The van der Waals surface area contributed by atoms with Crippen molar-refractivity contribution in [3.63, 3.8) is 0 Å². The van der Waals surface area contributed by atoms with Crippen LogP contribution in [0.4, 0.5) is 25.0 Å². The van der Waals surface area contributed by atoms with Gasteiger partial charge in [-0.05, 0) is 120 Å². The van der Waals surface area contributed by atoms with E-state index in [-0.39, 0.29) is 23.7 Å². The average Bonchev–Trinajstić information content (AvgIpc) is 3.94. The summed E-state index contributed by atoms with van der Waals surface area (Å²) in [5.74, 6) is -2.14. The number of hydrogen-bond donors (Lipinski definition) is 2. The summed E-state index contributed by atoms with van der Waals surface area (Å²) in [5.41, 5.74) is 4.66. The van der Waals surface area contributed by atoms with Gasteiger partial charge in [0, 0.05) is 66.0 Å². The molecule has 6 aromatic rings. The summed E-state index contributed by atoms with van der Waals surface area (Å²) in [6.45, 7) is 9.78. The maximum absolute atomic E-state index is 14.9. The number of esters is 2. The van der Waals surface area contributed by atoms with Crippen LogP contribution >= 0.6 is 0 Å². The number of likely N-dealkylation sites (tertiary alicyclic amines) is 1. The molecule has 2 aromatic heterocycles. The molecule has 328 valence electrons. The molecule has 2 aliphatic heterocycles. The van der Waals surface area contributed by atoms with Gasteiger partial charge in [0.1, 0.15) is 11.6 Å². The zero-order valence-corrected chi connectivity index (χ0v) is 36.0. The third kappa shape index (κ3) is 11.3. The molecule has 0 unspecified atom stereocenters. The predicted molar refractivity (Wildman–Crippen MR) is 237 cm³/mol. The number of rotatable bonds is 10. The molecule has 0 aliphatic carbocycles. The first-order valence-electron chi connectivity index (χ1n) is 21.3. The van der Waals surface area contributed by atoms with Crippen LogP contribution in [0.25, 0.3) is 21.8 Å². The summed E-state index contributed by atoms with van der Waals surface area (Å²) in [4.78, 5) is 40.1. The van der Waals surface area contributed by atoms with E-state index in [1.165, 1.54) is 64.8 Å². The molecular weight excluding hydrogens is 795 g/mol. The lowest BCUT2D eigenvalue weighted by molar-refractivity contribution is 0.0591. The van der Waals surface area contributed by atoms with Gasteiger partial charge in [0.15, 0.2) is 0 Å². The van der Waals surface area contributed by atoms with Crippen LogP contribution in [0.2, 0.25) is 0 Å². The highest BCUT2D eigenvalue weighted by atomic mass is 19.1. The summed E-state index contributed by atoms with van der Waals surface area (Å²) >= 11 is 0. The van der Waals surface area contributed by atoms with Gasteiger partial charge in [0.2, 0.25) is 0 Å². The van der Waals surface area contributed by atoms with Crippen molar-refractivity contribution in [1.29, 1.82) is 0 Å². The van der Waals surface area contributed by atoms with Crippen molar-refractivity contribution < 1.29 is 32.6 Å². The van der Waals surface area contributed by atoms with E-state index in [2.05, 4.69) is 30.3 Å². The first-order chi connectivity index (χ1) is 30.1. The SMILES string of the molecule is C1CCNCC1.CCn1ncc2ccc(N(Cc3ccc(C(=O)OC)cc3F)C(=O)N3CCCCC3)cc21.CCn1ncc2ccc(NCc3ccc(C(=O)OC)cc3F)cc21. The average molecular weight is 851 g/mol. The van der Waals surface area contributed by atoms with Crippen LogP contribution in [-0.2, 0) is 35.7 Å². The van der Waals surface area contributed by atoms with Gasteiger partial charge in [-0.25, -0.2) is 23.2 Å². The smallest absolute Gasteiger partial charge is 0.337 e. The summed E-state index contributed by atoms with van der Waals surface area (Å²) < 4.78 is 42.0. The van der Waals surface area contributed by atoms with Crippen molar-refractivity contribution in [1.82, 2.24) is 29.8 Å². The molecule has 8 rings (SSSR count). The minimum atomic E-state index is -0.602. The minimum absolute atomic E-state index is 0.0500. The van der Waals surface area contributed by atoms with Crippen LogP contribution in [0.1, 0.15) is 84.2 Å². The van der Waals surface area contributed by atoms with Gasteiger partial charge in [-0.15, -0.1) is 0 Å². The van der Waals surface area contributed by atoms with E-state index in [1.807, 2.05) is 70.7 Å². The number of hydrogen-bond acceptors (Lipinski definition) is 9. The number of carbonyl (C=O) groups excluding carboxylic acids is 3. The van der Waals surface area contributed by atoms with Crippen LogP contribution in [0.3, 0.4) is 0 Å². The fraction of sp³-hybridized carbons (Fsp3) is 0.383. The van der Waals surface area contributed by atoms with E-state index >= 15 is 0 Å². The second-order valence-corrected chi connectivity index (χ2v) is 15.1. The standard InChI is InChI=1S/C24H27FN4O3.C18H18FN3O2.C5H11N/c1-3-29-22-14-20(10-9-18(22)15-26-29)28(24(31)27-11-5-4-6-12-27)16-19-8-7-17(13-21(19)25)23(30)32-2;1-3-22-17-9-15(7-6-14(17)11-21-22)20-10-13-5-4-12(8-16(13)19)18(23)24-2;1-2-4-6-5-3-1/h7-10,13-15H,3-6,11-12,16H2,1-2H3;4-9,11,20H,3,10H2,1-2H3;6H,1-5H2. The number of nitrogens with one attached hydrogen (secondary N) is 2. The molecule has 4 heterocycles. The zero-order valence-electron chi connectivity index (χ0n) is 36.0. The fourth-order valence-electron chi connectivity index (χ4n) is 7.46. The van der Waals surface area contributed by atoms with Crippen LogP contribution in [-0.4, -0.2) is 82.8 Å². The van der Waals surface area contributed by atoms with Crippen molar-refractivity contribution in [2.45, 2.75) is 78.6 Å². The lowest BCUT2D eigenvalue weighted by Crippen LogP contribution is -2.45. The van der Waals surface area contributed by atoms with E-state index in [9.17, 15) is 23.2 Å². The van der Waals surface area contributed by atoms with Gasteiger partial charge in [0.25, 0.3) is 0 Å². The Kier molecular flexibility index (Phi) is 16.0. The topological polar surface area (TPSA) is 136 Å². The molecule has 2 aliphatic rings. The molecule has 62 heavy (non-hydrogen) atoms. The number of ether oxygens (including phenoxy) is 2. The maximum atomic E-state index is 14.9. The highest BCUT2D eigenvalue weighted by molar-refractivity contribution is 5.95. The monoisotopic (exact) mass is 850 g/mol. The molecule has 2 saturated heterocycles. The van der Waals surface area contributed by atoms with E-state index in [1.54, 1.807) is 23.2 Å². The predicted octanol–water partition coefficient (Wildman–Crippen LogP) is 8.95. The number of aryl methyl sites for hydroxylation is 2. The summed E-state index contributed by atoms with van der Waals surface area (Å²) in [5, 5.41) is 17.2. The molecular formula is C47H56F2N8O5. The second-order valence-electron chi connectivity index (χ2n) is 15.1. The number of benzene rings is 4. The Balaban J connectivity index is 0.000000187. The van der Waals surface area contributed by atoms with Crippen LogP contribution < -0.4 is 15.5 Å². The number of nitrogens with zero attached hydrogens (tertiary/aromatic N) is 6. The zero-order chi connectivity index (χ0) is 44.0. The Hall–Kier alpha value is -6.35. The number of halogens is 2. The van der Waals surface area contributed by atoms with Crippen molar-refractivity contribution >= 4 is 51.2 Å². The number of carbonyl (C=O) groups is 3. The molecule has 0 atom stereocenters. The van der Waals surface area contributed by atoms with E-state index in [4.69, 9.17) is 0 Å². The number of amides is 2. The van der Waals surface area contributed by atoms with Gasteiger partial charge in [-0.1, -0.05) is 18.6 Å². The molecule has 0 radical (unpaired) electrons. The van der Waals surface area contributed by atoms with E-state index < -0.39 is 23.6 Å². The fourth-order valence-corrected chi connectivity index (χ4v) is 7.46. The molecule has 15 heteroatoms. The number of anilines is 2. The third-order valence-electron chi connectivity index (χ3n) is 11.0. The Morgan fingerprint density at radius 1 is 0.694 bits per heavy atom. The maximum Gasteiger partial charge on any atom is 0.337 e. The van der Waals surface area contributed by atoms with Crippen LogP contribution in [0, 0.1) is 11.6 Å². The Morgan fingerprint density at radius 3 is 1.76 bits per heavy atom. The van der Waals surface area contributed by atoms with Crippen LogP contribution in [0.15, 0.2) is 85.2 Å². The van der Waals surface area contributed by atoms with Crippen molar-refractivity contribution in [2.24, 2.45) is 0 Å². The number of piperidine rings is 2. The van der Waals surface area contributed by atoms with Gasteiger partial charge in [-0.2, -0.15) is 10.2 Å². The third-order valence-corrected chi connectivity index (χ3v) is 11.0. The van der Waals surface area contributed by atoms with Gasteiger partial charge >= 0.3 is 18.0 Å². The number of aromatic nitrogens is 4. The molecule has 2 N–H and O–H groups in total. The Morgan fingerprint density at radius 2 is 1.24 bits per heavy atom. The molecule has 2 amide bonds. The van der Waals surface area contributed by atoms with E-state index in [0.717, 1.165) is 59.4 Å². The highest BCUT2D eigenvalue weighted by Crippen LogP contribution is 2.27. The second kappa shape index (κ2) is 22.0. The number of fused-ring (bicyclic) bond motifs is 2. The summed E-state index contributed by atoms with van der Waals surface area (Å²) in [6, 6.07) is 20.0. The summed E-state index contributed by atoms with van der Waals surface area (Å²) in [6.07, 6.45) is 10.9. The normalized spacial score (nSPS) is 13.7. The number of methoxy groups -OCH3 is 2. The number of urea groups is 1. The Labute approximate surface area is 361 Å². The van der Waals surface area contributed by atoms with Gasteiger partial charge < -0.3 is 25.0 Å². The lowest BCUT2D eigenvalue weighted by atomic mass is 10.1. The molecule has 4 aromatic carbocycles. The summed E-state index contributed by atoms with van der Waals surface area (Å²) in [7, 11) is 2.52. The van der Waals surface area contributed by atoms with E-state index in [0.29, 0.717) is 43.0 Å². The van der Waals surface area contributed by atoms with Crippen LogP contribution in [0.5, 0.6) is 0 Å². The quantitative estimate of drug-likeness (QED) is 0.130. The van der Waals surface area contributed by atoms with Crippen molar-refractivity contribution in [3.05, 3.63) is 119 Å². The largest absolute Gasteiger partial charge is 0.465 e. The van der Waals surface area contributed by atoms with Crippen molar-refractivity contribution in [3.8, 4) is 0 Å². The first-order valence-corrected chi connectivity index (χ1v) is 21.3.